The number of aliphatic hydroxyl groups is 5. The van der Waals surface area contributed by atoms with Crippen LogP contribution < -0.4 is 0 Å². The number of rotatable bonds is 36. The fourth-order valence-corrected chi connectivity index (χ4v) is 7.85. The summed E-state index contributed by atoms with van der Waals surface area (Å²) < 4.78 is 33.4. The molecule has 14 heteroatoms. The normalized spacial score (nSPS) is 23.0. The van der Waals surface area contributed by atoms with Gasteiger partial charge < -0.3 is 39.9 Å². The number of ether oxygens (including phenoxy) is 2. The average molecular weight is 811 g/mol. The molecule has 0 bridgehead atoms. The summed E-state index contributed by atoms with van der Waals surface area (Å²) in [5.41, 5.74) is 0. The third-order valence-corrected chi connectivity index (χ3v) is 11.4. The molecular formula is C41H79O13P. The molecule has 1 aliphatic carbocycles. The molecule has 6 N–H and O–H groups in total. The van der Waals surface area contributed by atoms with Crippen LogP contribution in [0.1, 0.15) is 194 Å². The molecule has 0 amide bonds. The summed E-state index contributed by atoms with van der Waals surface area (Å²) in [6.07, 6.45) is 17.3. The van der Waals surface area contributed by atoms with Gasteiger partial charge in [-0.3, -0.25) is 18.6 Å². The topological polar surface area (TPSA) is 210 Å². The summed E-state index contributed by atoms with van der Waals surface area (Å²) in [7, 11) is -5.10. The lowest BCUT2D eigenvalue weighted by Crippen LogP contribution is -2.64. The average Bonchev–Trinajstić information content (AvgIpc) is 3.16. The number of aliphatic hydroxyl groups excluding tert-OH is 5. The predicted molar refractivity (Wildman–Crippen MR) is 212 cm³/mol. The first-order chi connectivity index (χ1) is 26.4. The van der Waals surface area contributed by atoms with Crippen molar-refractivity contribution in [1.82, 2.24) is 0 Å². The summed E-state index contributed by atoms with van der Waals surface area (Å²) in [5, 5.41) is 50.0. The molecule has 326 valence electrons. The number of esters is 2. The van der Waals surface area contributed by atoms with Crippen LogP contribution in [0.15, 0.2) is 0 Å². The predicted octanol–water partition coefficient (Wildman–Crippen LogP) is 7.72. The number of unbranched alkanes of at least 4 members (excludes halogenated alkanes) is 24. The zero-order chi connectivity index (χ0) is 40.7. The van der Waals surface area contributed by atoms with Gasteiger partial charge in [-0.2, -0.15) is 0 Å². The Kier molecular flexibility index (Phi) is 30.9. The van der Waals surface area contributed by atoms with Crippen molar-refractivity contribution >= 4 is 19.8 Å². The highest BCUT2D eigenvalue weighted by Crippen LogP contribution is 2.47. The van der Waals surface area contributed by atoms with Crippen molar-refractivity contribution in [3.63, 3.8) is 0 Å². The number of hydrogen-bond donors (Lipinski definition) is 6. The Hall–Kier alpha value is -1.15. The van der Waals surface area contributed by atoms with Crippen molar-refractivity contribution in [2.45, 2.75) is 236 Å². The highest BCUT2D eigenvalue weighted by Gasteiger charge is 2.51. The number of phosphoric ester groups is 1. The highest BCUT2D eigenvalue weighted by molar-refractivity contribution is 7.47. The van der Waals surface area contributed by atoms with Crippen molar-refractivity contribution < 1.29 is 63.1 Å². The molecule has 1 saturated carbocycles. The first-order valence-corrected chi connectivity index (χ1v) is 23.3. The van der Waals surface area contributed by atoms with E-state index in [0.29, 0.717) is 12.8 Å². The summed E-state index contributed by atoms with van der Waals surface area (Å²) >= 11 is 0. The maximum Gasteiger partial charge on any atom is 0.472 e. The van der Waals surface area contributed by atoms with Crippen molar-refractivity contribution in [2.75, 3.05) is 13.2 Å². The van der Waals surface area contributed by atoms with Gasteiger partial charge in [0.1, 0.15) is 43.2 Å². The van der Waals surface area contributed by atoms with Crippen LogP contribution in [0, 0.1) is 0 Å². The Morgan fingerprint density at radius 2 is 0.818 bits per heavy atom. The van der Waals surface area contributed by atoms with Gasteiger partial charge in [0.25, 0.3) is 0 Å². The van der Waals surface area contributed by atoms with Crippen LogP contribution in [0.4, 0.5) is 0 Å². The number of phosphoric acid groups is 1. The van der Waals surface area contributed by atoms with Crippen LogP contribution >= 0.6 is 7.82 Å². The molecule has 0 aliphatic heterocycles. The molecule has 3 unspecified atom stereocenters. The van der Waals surface area contributed by atoms with Gasteiger partial charge in [-0.25, -0.2) is 4.57 Å². The molecule has 1 fully saturated rings. The van der Waals surface area contributed by atoms with E-state index in [-0.39, 0.29) is 12.8 Å². The minimum atomic E-state index is -5.10. The lowest BCUT2D eigenvalue weighted by atomic mass is 9.85. The SMILES string of the molecule is CCCCCCCCCCCCCCCC(=O)OC[C@@H](COP(=O)(O)OC1[C@@H](O)[C@H](O)C(O)[C@H](O)[C@@H]1O)OC(=O)CCCCCCCCCCCCCCC. The maximum atomic E-state index is 12.8. The molecule has 1 rings (SSSR count). The summed E-state index contributed by atoms with van der Waals surface area (Å²) in [5.74, 6) is -1.09. The number of carbonyl (C=O) groups is 2. The van der Waals surface area contributed by atoms with Gasteiger partial charge in [-0.1, -0.05) is 168 Å². The summed E-state index contributed by atoms with van der Waals surface area (Å²) in [6.45, 7) is 3.29. The van der Waals surface area contributed by atoms with Crippen LogP contribution in [0.3, 0.4) is 0 Å². The van der Waals surface area contributed by atoms with Gasteiger partial charge in [-0.05, 0) is 12.8 Å². The second-order valence-corrected chi connectivity index (χ2v) is 17.0. The third kappa shape index (κ3) is 25.7. The zero-order valence-corrected chi connectivity index (χ0v) is 35.1. The Balaban J connectivity index is 2.48. The Morgan fingerprint density at radius 1 is 0.491 bits per heavy atom. The molecule has 0 aromatic heterocycles. The van der Waals surface area contributed by atoms with E-state index >= 15 is 0 Å². The number of hydrogen-bond acceptors (Lipinski definition) is 12. The molecule has 0 radical (unpaired) electrons. The largest absolute Gasteiger partial charge is 0.472 e. The molecule has 8 atom stereocenters. The van der Waals surface area contributed by atoms with E-state index in [1.807, 2.05) is 0 Å². The van der Waals surface area contributed by atoms with Crippen molar-refractivity contribution in [1.29, 1.82) is 0 Å². The third-order valence-electron chi connectivity index (χ3n) is 10.4. The van der Waals surface area contributed by atoms with E-state index in [2.05, 4.69) is 13.8 Å². The fraction of sp³-hybridized carbons (Fsp3) is 0.951. The molecule has 0 aromatic carbocycles. The van der Waals surface area contributed by atoms with E-state index < -0.39 is 75.7 Å². The van der Waals surface area contributed by atoms with Gasteiger partial charge in [0.05, 0.1) is 6.61 Å². The fourth-order valence-electron chi connectivity index (χ4n) is 6.88. The second-order valence-electron chi connectivity index (χ2n) is 15.6. The molecule has 0 spiro atoms. The minimum Gasteiger partial charge on any atom is -0.462 e. The van der Waals surface area contributed by atoms with Crippen molar-refractivity contribution in [2.24, 2.45) is 0 Å². The van der Waals surface area contributed by atoms with Crippen LogP contribution in [-0.2, 0) is 32.7 Å². The monoisotopic (exact) mass is 811 g/mol. The van der Waals surface area contributed by atoms with E-state index in [1.54, 1.807) is 0 Å². The first-order valence-electron chi connectivity index (χ1n) is 21.8. The van der Waals surface area contributed by atoms with Gasteiger partial charge in [0.15, 0.2) is 6.10 Å². The molecule has 0 aromatic rings. The van der Waals surface area contributed by atoms with Crippen LogP contribution in [-0.4, -0.2) is 98.3 Å². The molecule has 55 heavy (non-hydrogen) atoms. The lowest BCUT2D eigenvalue weighted by Gasteiger charge is -2.41. The summed E-state index contributed by atoms with van der Waals surface area (Å²) in [6, 6.07) is 0. The molecule has 13 nitrogen and oxygen atoms in total. The Bertz CT molecular complexity index is 985. The zero-order valence-electron chi connectivity index (χ0n) is 34.2. The maximum absolute atomic E-state index is 12.8. The molecule has 0 heterocycles. The molecular weight excluding hydrogens is 731 g/mol. The lowest BCUT2D eigenvalue weighted by molar-refractivity contribution is -0.220. The van der Waals surface area contributed by atoms with Gasteiger partial charge >= 0.3 is 19.8 Å². The van der Waals surface area contributed by atoms with Crippen molar-refractivity contribution in [3.8, 4) is 0 Å². The van der Waals surface area contributed by atoms with Gasteiger partial charge in [0.2, 0.25) is 0 Å². The van der Waals surface area contributed by atoms with E-state index in [9.17, 15) is 44.6 Å². The molecule has 0 saturated heterocycles. The van der Waals surface area contributed by atoms with E-state index in [4.69, 9.17) is 18.5 Å². The quantitative estimate of drug-likeness (QED) is 0.0204. The van der Waals surface area contributed by atoms with Gasteiger partial charge in [-0.15, -0.1) is 0 Å². The second kappa shape index (κ2) is 32.8. The first kappa shape index (κ1) is 51.9. The Labute approximate surface area is 331 Å². The van der Waals surface area contributed by atoms with Crippen LogP contribution in [0.2, 0.25) is 0 Å². The van der Waals surface area contributed by atoms with Crippen molar-refractivity contribution in [3.05, 3.63) is 0 Å². The standard InChI is InChI=1S/C41H79O13P/c1-3-5-7-9-11-13-15-17-19-21-23-25-27-29-34(42)51-31-33(32-52-55(49,50)54-41-39(47)37(45)36(44)38(46)40(41)48)53-35(43)30-28-26-24-22-20-18-16-14-12-10-8-6-4-2/h33,36-41,44-48H,3-32H2,1-2H3,(H,49,50)/t33-,36?,37-,38+,39-,40-,41?/m0/s1. The van der Waals surface area contributed by atoms with Crippen LogP contribution in [0.25, 0.3) is 0 Å². The smallest absolute Gasteiger partial charge is 0.462 e. The van der Waals surface area contributed by atoms with Crippen LogP contribution in [0.5, 0.6) is 0 Å². The van der Waals surface area contributed by atoms with Gasteiger partial charge in [0, 0.05) is 12.8 Å². The van der Waals surface area contributed by atoms with E-state index in [1.165, 1.54) is 116 Å². The summed E-state index contributed by atoms with van der Waals surface area (Å²) in [4.78, 5) is 35.6. The number of carbonyl (C=O) groups excluding carboxylic acids is 2. The minimum absolute atomic E-state index is 0.104. The Morgan fingerprint density at radius 3 is 1.20 bits per heavy atom. The van der Waals surface area contributed by atoms with E-state index in [0.717, 1.165) is 38.5 Å². The highest BCUT2D eigenvalue weighted by atomic mass is 31.2. The molecule has 1 aliphatic rings.